The molecule has 12 heteroatoms. The van der Waals surface area contributed by atoms with E-state index in [0.717, 1.165) is 31.5 Å². The molecule has 1 aromatic carbocycles. The van der Waals surface area contributed by atoms with Gasteiger partial charge >= 0.3 is 6.09 Å². The molecule has 0 aliphatic carbocycles. The number of anilines is 1. The van der Waals surface area contributed by atoms with Gasteiger partial charge in [-0.05, 0) is 58.9 Å². The van der Waals surface area contributed by atoms with Crippen molar-refractivity contribution < 1.29 is 24.2 Å². The minimum Gasteiger partial charge on any atom is -0.491 e. The fourth-order valence-corrected chi connectivity index (χ4v) is 5.78. The number of methoxy groups -OCH3 is 1. The first-order valence-corrected chi connectivity index (χ1v) is 14.1. The quantitative estimate of drug-likeness (QED) is 0.375. The lowest BCUT2D eigenvalue weighted by Crippen LogP contribution is -2.61. The molecule has 1 amide bonds. The van der Waals surface area contributed by atoms with Gasteiger partial charge in [0.25, 0.3) is 0 Å². The van der Waals surface area contributed by atoms with Crippen LogP contribution in [0.3, 0.4) is 0 Å². The number of nitrogens with one attached hydrogen (secondary N) is 1. The van der Waals surface area contributed by atoms with Gasteiger partial charge in [0.1, 0.15) is 24.3 Å². The predicted octanol–water partition coefficient (Wildman–Crippen LogP) is 3.01. The Morgan fingerprint density at radius 2 is 1.90 bits per heavy atom. The smallest absolute Gasteiger partial charge is 0.409 e. The van der Waals surface area contributed by atoms with E-state index in [2.05, 4.69) is 10.2 Å². The molecular weight excluding hydrogens is 548 g/mol. The summed E-state index contributed by atoms with van der Waals surface area (Å²) < 4.78 is 10.7. The second-order valence-corrected chi connectivity index (χ2v) is 11.3. The number of allylic oxidation sites excluding steroid dienone is 2. The van der Waals surface area contributed by atoms with Gasteiger partial charge in [0.2, 0.25) is 0 Å². The number of ether oxygens (including phenoxy) is 2. The minimum absolute atomic E-state index is 0.0743. The number of aromatic nitrogens is 2. The highest BCUT2D eigenvalue weighted by atomic mass is 35.5. The molecule has 0 bridgehead atoms. The van der Waals surface area contributed by atoms with Crippen molar-refractivity contribution in [1.82, 2.24) is 20.2 Å². The van der Waals surface area contributed by atoms with Gasteiger partial charge in [0.15, 0.2) is 11.6 Å². The number of likely N-dealkylation sites (tertiary alicyclic amines) is 1. The average Bonchev–Trinajstić information content (AvgIpc) is 2.92. The summed E-state index contributed by atoms with van der Waals surface area (Å²) in [4.78, 5) is 38.3. The number of aliphatic hydroxyl groups is 1. The lowest BCUT2D eigenvalue weighted by Gasteiger charge is -2.54. The van der Waals surface area contributed by atoms with Gasteiger partial charge in [-0.25, -0.2) is 14.8 Å². The normalized spacial score (nSPS) is 17.5. The molecule has 0 unspecified atom stereocenters. The molecule has 1 atom stereocenters. The number of benzene rings is 1. The van der Waals surface area contributed by atoms with Crippen LogP contribution in [0.15, 0.2) is 23.9 Å². The van der Waals surface area contributed by atoms with Gasteiger partial charge in [-0.1, -0.05) is 11.6 Å². The standard InChI is InChI=1S/C29H39ClN6O5/c1-17-25(24(18(2)31)19(3)37)33-26(22-12-21(6-7-23(22)30)41-14-20(38)13-32-4)34-27(17)36-15-29(16-36)8-10-35(11-9-29)28(39)40-5/h6-7,12,20,32,38H,8-11,13-16,31H2,1-5H3/t20-/m1/s1. The molecule has 2 saturated heterocycles. The van der Waals surface area contributed by atoms with Gasteiger partial charge in [0.05, 0.1) is 23.4 Å². The molecule has 1 spiro atoms. The lowest BCUT2D eigenvalue weighted by atomic mass is 9.72. The lowest BCUT2D eigenvalue weighted by molar-refractivity contribution is -0.111. The van der Waals surface area contributed by atoms with E-state index >= 15 is 0 Å². The van der Waals surface area contributed by atoms with Crippen LogP contribution in [0.2, 0.25) is 5.02 Å². The molecule has 11 nitrogen and oxygen atoms in total. The van der Waals surface area contributed by atoms with Crippen LogP contribution >= 0.6 is 11.6 Å². The van der Waals surface area contributed by atoms with E-state index < -0.39 is 6.10 Å². The summed E-state index contributed by atoms with van der Waals surface area (Å²) >= 11 is 6.63. The molecule has 0 saturated carbocycles. The fraction of sp³-hybridized carbons (Fsp3) is 0.517. The maximum absolute atomic E-state index is 12.7. The van der Waals surface area contributed by atoms with Crippen molar-refractivity contribution in [2.24, 2.45) is 11.1 Å². The van der Waals surface area contributed by atoms with Crippen LogP contribution in [0.25, 0.3) is 17.0 Å². The summed E-state index contributed by atoms with van der Waals surface area (Å²) in [5.41, 5.74) is 8.71. The van der Waals surface area contributed by atoms with Crippen LogP contribution in [-0.4, -0.2) is 91.4 Å². The van der Waals surface area contributed by atoms with Crippen molar-refractivity contribution in [3.63, 3.8) is 0 Å². The third-order valence-corrected chi connectivity index (χ3v) is 8.10. The summed E-state index contributed by atoms with van der Waals surface area (Å²) in [6.45, 7) is 8.37. The third-order valence-electron chi connectivity index (χ3n) is 7.77. The second kappa shape index (κ2) is 12.6. The number of carbonyl (C=O) groups is 2. The van der Waals surface area contributed by atoms with Crippen molar-refractivity contribution in [3.8, 4) is 17.1 Å². The summed E-state index contributed by atoms with van der Waals surface area (Å²) in [7, 11) is 3.16. The number of ketones is 1. The first-order valence-electron chi connectivity index (χ1n) is 13.7. The minimum atomic E-state index is -0.679. The maximum Gasteiger partial charge on any atom is 0.409 e. The van der Waals surface area contributed by atoms with E-state index in [1.54, 1.807) is 37.1 Å². The van der Waals surface area contributed by atoms with Crippen molar-refractivity contribution in [1.29, 1.82) is 0 Å². The molecule has 3 heterocycles. The highest BCUT2D eigenvalue weighted by molar-refractivity contribution is 6.33. The summed E-state index contributed by atoms with van der Waals surface area (Å²) in [5, 5.41) is 13.4. The molecule has 2 aliphatic heterocycles. The van der Waals surface area contributed by atoms with E-state index in [4.69, 9.17) is 36.8 Å². The number of aliphatic hydroxyl groups excluding tert-OH is 1. The number of piperidine rings is 1. The molecule has 2 fully saturated rings. The van der Waals surface area contributed by atoms with E-state index in [9.17, 15) is 14.7 Å². The molecule has 2 aliphatic rings. The van der Waals surface area contributed by atoms with Gasteiger partial charge in [-0.2, -0.15) is 0 Å². The number of nitrogens with zero attached hydrogens (tertiary/aromatic N) is 4. The number of Topliss-reactive ketones (excluding diaryl/α,β-unsaturated/α-hetero) is 1. The molecule has 222 valence electrons. The van der Waals surface area contributed by atoms with Gasteiger partial charge in [0, 0.05) is 55.0 Å². The van der Waals surface area contributed by atoms with Crippen LogP contribution in [0.4, 0.5) is 10.6 Å². The number of rotatable bonds is 9. The Morgan fingerprint density at radius 3 is 2.49 bits per heavy atom. The van der Waals surface area contributed by atoms with E-state index in [1.165, 1.54) is 14.0 Å². The largest absolute Gasteiger partial charge is 0.491 e. The number of halogens is 1. The van der Waals surface area contributed by atoms with E-state index in [0.29, 0.717) is 64.6 Å². The molecule has 2 aromatic rings. The maximum atomic E-state index is 12.7. The summed E-state index contributed by atoms with van der Waals surface area (Å²) in [5.74, 6) is 1.36. The Kier molecular flexibility index (Phi) is 9.41. The van der Waals surface area contributed by atoms with Gasteiger partial charge in [-0.15, -0.1) is 0 Å². The van der Waals surface area contributed by atoms with Crippen LogP contribution in [0, 0.1) is 12.3 Å². The number of amides is 1. The number of likely N-dealkylation sites (N-methyl/N-ethyl adjacent to an activating group) is 1. The first-order chi connectivity index (χ1) is 19.5. The molecule has 1 aromatic heterocycles. The summed E-state index contributed by atoms with van der Waals surface area (Å²) in [6.07, 6.45) is 0.764. The number of nitrogens with two attached hydrogens (primary N) is 1. The van der Waals surface area contributed by atoms with E-state index in [-0.39, 0.29) is 23.9 Å². The zero-order valence-corrected chi connectivity index (χ0v) is 25.0. The van der Waals surface area contributed by atoms with Crippen molar-refractivity contribution in [2.75, 3.05) is 58.4 Å². The van der Waals surface area contributed by atoms with E-state index in [1.807, 2.05) is 6.92 Å². The zero-order chi connectivity index (χ0) is 29.9. The monoisotopic (exact) mass is 586 g/mol. The van der Waals surface area contributed by atoms with Crippen molar-refractivity contribution >= 4 is 34.9 Å². The Labute approximate surface area is 245 Å². The van der Waals surface area contributed by atoms with Crippen LogP contribution in [-0.2, 0) is 9.53 Å². The van der Waals surface area contributed by atoms with Crippen LogP contribution < -0.4 is 20.7 Å². The van der Waals surface area contributed by atoms with Gasteiger partial charge < -0.3 is 35.4 Å². The van der Waals surface area contributed by atoms with Crippen LogP contribution in [0.1, 0.15) is 37.9 Å². The summed E-state index contributed by atoms with van der Waals surface area (Å²) in [6, 6.07) is 5.15. The Morgan fingerprint density at radius 1 is 1.22 bits per heavy atom. The molecule has 41 heavy (non-hydrogen) atoms. The number of carbonyl (C=O) groups excluding carboxylic acids is 2. The Bertz CT molecular complexity index is 1330. The topological polar surface area (TPSA) is 143 Å². The SMILES string of the molecule is CNC[C@@H](O)COc1ccc(Cl)c(-c2nc(C(C(C)=O)=C(C)N)c(C)c(N3CC4(CCN(C(=O)OC)CC4)C3)n2)c1. The van der Waals surface area contributed by atoms with Crippen molar-refractivity contribution in [3.05, 3.63) is 40.2 Å². The molecule has 4 rings (SSSR count). The molecular formula is C29H39ClN6O5. The molecule has 4 N–H and O–H groups in total. The Hall–Kier alpha value is -3.41. The van der Waals surface area contributed by atoms with Crippen molar-refractivity contribution in [2.45, 2.75) is 39.7 Å². The first kappa shape index (κ1) is 30.5. The van der Waals surface area contributed by atoms with Crippen LogP contribution in [0.5, 0.6) is 5.75 Å². The fourth-order valence-electron chi connectivity index (χ4n) is 5.58. The predicted molar refractivity (Wildman–Crippen MR) is 158 cm³/mol. The average molecular weight is 587 g/mol. The third kappa shape index (κ3) is 6.58. The Balaban J connectivity index is 1.69. The zero-order valence-electron chi connectivity index (χ0n) is 24.3. The highest BCUT2D eigenvalue weighted by Gasteiger charge is 2.47. The number of hydrogen-bond donors (Lipinski definition) is 3. The molecule has 0 radical (unpaired) electrons. The highest BCUT2D eigenvalue weighted by Crippen LogP contribution is 2.44. The number of hydrogen-bond acceptors (Lipinski definition) is 10. The second-order valence-electron chi connectivity index (χ2n) is 10.9. The van der Waals surface area contributed by atoms with Gasteiger partial charge in [-0.3, -0.25) is 4.79 Å².